The number of nitrogens with two attached hydrogens (primary N) is 1. The summed E-state index contributed by atoms with van der Waals surface area (Å²) in [5, 5.41) is 0. The van der Waals surface area contributed by atoms with Gasteiger partial charge in [-0.25, -0.2) is 23.1 Å². The van der Waals surface area contributed by atoms with Crippen molar-refractivity contribution in [3.05, 3.63) is 76.9 Å². The second-order valence-corrected chi connectivity index (χ2v) is 9.23. The molecule has 3 N–H and O–H groups in total. The molecule has 2 aliphatic rings. The number of pyridine rings is 1. The lowest BCUT2D eigenvalue weighted by molar-refractivity contribution is 0.103. The maximum Gasteiger partial charge on any atom is 0.240 e. The number of hydrogen-bond donors (Lipinski definition) is 2. The van der Waals surface area contributed by atoms with Crippen LogP contribution in [0.1, 0.15) is 34.6 Å². The Labute approximate surface area is 189 Å². The number of anilines is 1. The monoisotopic (exact) mass is 470 g/mol. The van der Waals surface area contributed by atoms with E-state index in [2.05, 4.69) is 24.7 Å². The van der Waals surface area contributed by atoms with Crippen molar-refractivity contribution in [1.29, 1.82) is 0 Å². The standard InChI is InChI=1S/C21H19ClN6O3S/c22-20-16(28-32(30,31)15-6-2-1-3-7-15)9-14(11-25-20)17-12-26-21(23)18(27-17)19(29)13-5-4-8-24-10-13/h2,4-12,16,20,28H,1,3H2,(H2,23,26). The van der Waals surface area contributed by atoms with Gasteiger partial charge in [-0.1, -0.05) is 29.8 Å². The first-order chi connectivity index (χ1) is 15.3. The normalized spacial score (nSPS) is 20.5. The second kappa shape index (κ2) is 9.11. The third-order valence-corrected chi connectivity index (χ3v) is 6.70. The smallest absolute Gasteiger partial charge is 0.240 e. The Morgan fingerprint density at radius 2 is 2.09 bits per heavy atom. The summed E-state index contributed by atoms with van der Waals surface area (Å²) in [6.07, 6.45) is 13.9. The molecule has 0 radical (unpaired) electrons. The Hall–Kier alpha value is -3.21. The van der Waals surface area contributed by atoms with Crippen molar-refractivity contribution in [2.75, 3.05) is 5.73 Å². The Balaban J connectivity index is 1.63. The number of rotatable bonds is 6. The van der Waals surface area contributed by atoms with E-state index in [-0.39, 0.29) is 16.4 Å². The molecule has 2 atom stereocenters. The van der Waals surface area contributed by atoms with E-state index in [0.29, 0.717) is 23.3 Å². The number of aromatic nitrogens is 3. The van der Waals surface area contributed by atoms with Gasteiger partial charge in [0.2, 0.25) is 15.8 Å². The van der Waals surface area contributed by atoms with Crippen molar-refractivity contribution < 1.29 is 13.2 Å². The Bertz CT molecular complexity index is 1270. The van der Waals surface area contributed by atoms with Gasteiger partial charge in [0.25, 0.3) is 0 Å². The first-order valence-electron chi connectivity index (χ1n) is 9.71. The molecule has 0 fully saturated rings. The van der Waals surface area contributed by atoms with Crippen LogP contribution >= 0.6 is 11.6 Å². The number of dihydropyridines is 1. The van der Waals surface area contributed by atoms with E-state index < -0.39 is 27.3 Å². The molecule has 1 aliphatic heterocycles. The third-order valence-electron chi connectivity index (χ3n) is 4.81. The van der Waals surface area contributed by atoms with E-state index in [9.17, 15) is 13.2 Å². The molecule has 0 spiro atoms. The highest BCUT2D eigenvalue weighted by molar-refractivity contribution is 7.93. The maximum atomic E-state index is 12.8. The summed E-state index contributed by atoms with van der Waals surface area (Å²) in [6, 6.07) is 2.40. The van der Waals surface area contributed by atoms with E-state index >= 15 is 0 Å². The molecule has 0 saturated heterocycles. The number of nitrogens with zero attached hydrogens (tertiary/aromatic N) is 4. The molecule has 32 heavy (non-hydrogen) atoms. The van der Waals surface area contributed by atoms with E-state index in [1.54, 1.807) is 42.6 Å². The minimum absolute atomic E-state index is 0.0283. The number of nitrogen functional groups attached to an aromatic ring is 1. The number of alkyl halides is 1. The van der Waals surface area contributed by atoms with Crippen LogP contribution in [0.15, 0.2) is 64.9 Å². The topological polar surface area (TPSA) is 140 Å². The van der Waals surface area contributed by atoms with Gasteiger partial charge >= 0.3 is 0 Å². The number of carbonyl (C=O) groups is 1. The van der Waals surface area contributed by atoms with Crippen molar-refractivity contribution in [3.8, 4) is 0 Å². The van der Waals surface area contributed by atoms with Crippen LogP contribution < -0.4 is 10.5 Å². The summed E-state index contributed by atoms with van der Waals surface area (Å²) in [7, 11) is -3.78. The third kappa shape index (κ3) is 4.67. The van der Waals surface area contributed by atoms with E-state index in [4.69, 9.17) is 17.3 Å². The quantitative estimate of drug-likeness (QED) is 0.374. The summed E-state index contributed by atoms with van der Waals surface area (Å²) >= 11 is 6.24. The van der Waals surface area contributed by atoms with Gasteiger partial charge in [-0.3, -0.25) is 14.8 Å². The van der Waals surface area contributed by atoms with Gasteiger partial charge in [0.05, 0.1) is 22.8 Å². The van der Waals surface area contributed by atoms with Crippen molar-refractivity contribution in [1.82, 2.24) is 19.7 Å². The van der Waals surface area contributed by atoms with Crippen LogP contribution in [0.5, 0.6) is 0 Å². The SMILES string of the molecule is Nc1ncc(C2=CC(NS(=O)(=O)C3=CCCC=C3)C(Cl)N=C2)nc1C(=O)c1cccnc1. The summed E-state index contributed by atoms with van der Waals surface area (Å²) in [5.74, 6) is -0.457. The highest BCUT2D eigenvalue weighted by Gasteiger charge is 2.28. The van der Waals surface area contributed by atoms with Crippen LogP contribution in [0.3, 0.4) is 0 Å². The Morgan fingerprint density at radius 3 is 2.81 bits per heavy atom. The largest absolute Gasteiger partial charge is 0.382 e. The van der Waals surface area contributed by atoms with Gasteiger partial charge in [-0.05, 0) is 31.1 Å². The van der Waals surface area contributed by atoms with Gasteiger partial charge in [0, 0.05) is 29.7 Å². The summed E-state index contributed by atoms with van der Waals surface area (Å²) in [5.41, 5.74) is 6.07. The van der Waals surface area contributed by atoms with Crippen LogP contribution in [0.2, 0.25) is 0 Å². The average molecular weight is 471 g/mol. The molecular formula is C21H19ClN6O3S. The molecule has 11 heteroatoms. The molecular weight excluding hydrogens is 452 g/mol. The zero-order chi connectivity index (χ0) is 22.7. The first kappa shape index (κ1) is 22.0. The fourth-order valence-corrected chi connectivity index (χ4v) is 4.75. The zero-order valence-electron chi connectivity index (χ0n) is 16.7. The van der Waals surface area contributed by atoms with E-state index in [0.717, 1.165) is 6.42 Å². The van der Waals surface area contributed by atoms with Gasteiger partial charge in [-0.2, -0.15) is 0 Å². The molecule has 164 valence electrons. The molecule has 2 unspecified atom stereocenters. The van der Waals surface area contributed by atoms with Crippen molar-refractivity contribution in [2.24, 2.45) is 4.99 Å². The molecule has 0 amide bonds. The van der Waals surface area contributed by atoms with Crippen molar-refractivity contribution >= 4 is 45.0 Å². The molecule has 0 aromatic carbocycles. The minimum Gasteiger partial charge on any atom is -0.382 e. The summed E-state index contributed by atoms with van der Waals surface area (Å²) in [4.78, 5) is 29.5. The van der Waals surface area contributed by atoms with Crippen LogP contribution in [-0.2, 0) is 10.0 Å². The molecule has 1 aliphatic carbocycles. The van der Waals surface area contributed by atoms with Crippen molar-refractivity contribution in [3.63, 3.8) is 0 Å². The second-order valence-electron chi connectivity index (χ2n) is 7.07. The predicted molar refractivity (Wildman–Crippen MR) is 123 cm³/mol. The fourth-order valence-electron chi connectivity index (χ4n) is 3.18. The maximum absolute atomic E-state index is 12.8. The summed E-state index contributed by atoms with van der Waals surface area (Å²) < 4.78 is 28.0. The molecule has 4 rings (SSSR count). The van der Waals surface area contributed by atoms with Crippen LogP contribution in [0, 0.1) is 0 Å². The number of aliphatic imine (C=N–C) groups is 1. The van der Waals surface area contributed by atoms with Gasteiger partial charge in [-0.15, -0.1) is 0 Å². The first-order valence-corrected chi connectivity index (χ1v) is 11.6. The van der Waals surface area contributed by atoms with Crippen LogP contribution in [0.25, 0.3) is 5.57 Å². The molecule has 9 nitrogen and oxygen atoms in total. The number of hydrogen-bond acceptors (Lipinski definition) is 8. The molecule has 3 heterocycles. The molecule has 0 bridgehead atoms. The fraction of sp³-hybridized carbons (Fsp3) is 0.190. The van der Waals surface area contributed by atoms with Crippen molar-refractivity contribution in [2.45, 2.75) is 24.4 Å². The van der Waals surface area contributed by atoms with Crippen LogP contribution in [-0.4, -0.2) is 46.9 Å². The van der Waals surface area contributed by atoms with Gasteiger partial charge in [0.15, 0.2) is 11.5 Å². The zero-order valence-corrected chi connectivity index (χ0v) is 18.3. The predicted octanol–water partition coefficient (Wildman–Crippen LogP) is 2.24. The number of allylic oxidation sites excluding steroid dienone is 4. The Morgan fingerprint density at radius 1 is 1.25 bits per heavy atom. The molecule has 2 aromatic rings. The number of nitrogens with one attached hydrogen (secondary N) is 1. The highest BCUT2D eigenvalue weighted by Crippen LogP contribution is 2.23. The lowest BCUT2D eigenvalue weighted by Crippen LogP contribution is -2.41. The molecule has 0 saturated carbocycles. The summed E-state index contributed by atoms with van der Waals surface area (Å²) in [6.45, 7) is 0. The van der Waals surface area contributed by atoms with Gasteiger partial charge in [0.1, 0.15) is 5.50 Å². The van der Waals surface area contributed by atoms with Crippen LogP contribution in [0.4, 0.5) is 5.82 Å². The average Bonchev–Trinajstić information content (AvgIpc) is 2.81. The number of carbonyl (C=O) groups excluding carboxylic acids is 1. The minimum atomic E-state index is -3.78. The van der Waals surface area contributed by atoms with E-state index in [1.807, 2.05) is 0 Å². The number of sulfonamides is 1. The lowest BCUT2D eigenvalue weighted by Gasteiger charge is -2.22. The number of halogens is 1. The Kier molecular flexibility index (Phi) is 6.26. The highest BCUT2D eigenvalue weighted by atomic mass is 35.5. The van der Waals surface area contributed by atoms with E-state index in [1.165, 1.54) is 18.6 Å². The number of ketones is 1. The lowest BCUT2D eigenvalue weighted by atomic mass is 10.1. The van der Waals surface area contributed by atoms with Gasteiger partial charge < -0.3 is 5.73 Å². The molecule has 2 aromatic heterocycles.